The normalized spacial score (nSPS) is 14.1. The molecule has 0 N–H and O–H groups in total. The zero-order chi connectivity index (χ0) is 21.8. The van der Waals surface area contributed by atoms with Gasteiger partial charge in [-0.2, -0.15) is 0 Å². The molecule has 4 rings (SSSR count). The molecule has 0 bridgehead atoms. The summed E-state index contributed by atoms with van der Waals surface area (Å²) in [5.41, 5.74) is 1.60. The van der Waals surface area contributed by atoms with Crippen LogP contribution in [0.1, 0.15) is 21.5 Å². The Labute approximate surface area is 176 Å². The molecule has 0 aromatic heterocycles. The van der Waals surface area contributed by atoms with E-state index in [2.05, 4.69) is 4.99 Å². The molecule has 0 aliphatic carbocycles. The van der Waals surface area contributed by atoms with Crippen molar-refractivity contribution in [3.05, 3.63) is 111 Å². The number of aliphatic imine (C=N–C) groups is 1. The lowest BCUT2D eigenvalue weighted by Crippen LogP contribution is -2.08. The number of carbonyl (C=O) groups excluding carboxylic acids is 2. The van der Waals surface area contributed by atoms with Crippen molar-refractivity contribution in [1.29, 1.82) is 0 Å². The van der Waals surface area contributed by atoms with Crippen molar-refractivity contribution in [1.82, 2.24) is 0 Å². The fraction of sp³-hybridized carbons (Fsp3) is 0. The van der Waals surface area contributed by atoms with Crippen LogP contribution in [0.5, 0.6) is 5.75 Å². The average Bonchev–Trinajstić information content (AvgIpc) is 3.16. The Bertz CT molecular complexity index is 1210. The Morgan fingerprint density at radius 2 is 1.65 bits per heavy atom. The summed E-state index contributed by atoms with van der Waals surface area (Å²) >= 11 is 0. The lowest BCUT2D eigenvalue weighted by molar-refractivity contribution is -0.384. The van der Waals surface area contributed by atoms with Crippen LogP contribution in [0.4, 0.5) is 5.69 Å². The lowest BCUT2D eigenvalue weighted by atomic mass is 10.2. The van der Waals surface area contributed by atoms with Gasteiger partial charge in [0.1, 0.15) is 5.75 Å². The monoisotopic (exact) mass is 414 g/mol. The second kappa shape index (κ2) is 8.42. The molecule has 0 fully saturated rings. The molecule has 3 aromatic carbocycles. The minimum Gasteiger partial charge on any atom is -0.423 e. The number of hydrogen-bond acceptors (Lipinski definition) is 7. The summed E-state index contributed by atoms with van der Waals surface area (Å²) in [5.74, 6) is -0.663. The van der Waals surface area contributed by atoms with Crippen LogP contribution in [0, 0.1) is 10.1 Å². The Morgan fingerprint density at radius 1 is 0.968 bits per heavy atom. The standard InChI is InChI=1S/C23H14N2O6/c26-22(17-8-10-18(11-9-17)25(28)29)30-19-12-6-15(7-13-19)14-20-23(27)31-21(24-20)16-4-2-1-3-5-16/h1-14H/b20-14+. The highest BCUT2D eigenvalue weighted by molar-refractivity contribution is 6.12. The van der Waals surface area contributed by atoms with E-state index < -0.39 is 16.9 Å². The summed E-state index contributed by atoms with van der Waals surface area (Å²) in [6.07, 6.45) is 1.57. The third-order valence-corrected chi connectivity index (χ3v) is 4.35. The van der Waals surface area contributed by atoms with E-state index in [4.69, 9.17) is 9.47 Å². The molecule has 152 valence electrons. The molecule has 0 saturated heterocycles. The van der Waals surface area contributed by atoms with Gasteiger partial charge in [0.15, 0.2) is 5.70 Å². The minimum atomic E-state index is -0.641. The molecule has 31 heavy (non-hydrogen) atoms. The Balaban J connectivity index is 1.45. The average molecular weight is 414 g/mol. The van der Waals surface area contributed by atoms with E-state index >= 15 is 0 Å². The SMILES string of the molecule is O=C1OC(c2ccccc2)=N/C1=C/c1ccc(OC(=O)c2ccc([N+](=O)[O-])cc2)cc1. The number of ether oxygens (including phenoxy) is 2. The first-order valence-corrected chi connectivity index (χ1v) is 9.14. The van der Waals surface area contributed by atoms with Crippen LogP contribution in [0.2, 0.25) is 0 Å². The van der Waals surface area contributed by atoms with E-state index in [1.54, 1.807) is 42.5 Å². The summed E-state index contributed by atoms with van der Waals surface area (Å²) < 4.78 is 10.5. The third-order valence-electron chi connectivity index (χ3n) is 4.35. The van der Waals surface area contributed by atoms with Crippen molar-refractivity contribution >= 4 is 29.6 Å². The van der Waals surface area contributed by atoms with Gasteiger partial charge in [-0.3, -0.25) is 10.1 Å². The summed E-state index contributed by atoms with van der Waals surface area (Å²) in [6, 6.07) is 20.7. The number of nitrogens with zero attached hydrogens (tertiary/aromatic N) is 2. The van der Waals surface area contributed by atoms with E-state index in [9.17, 15) is 19.7 Å². The zero-order valence-electron chi connectivity index (χ0n) is 15.9. The smallest absolute Gasteiger partial charge is 0.363 e. The summed E-state index contributed by atoms with van der Waals surface area (Å²) in [4.78, 5) is 38.6. The van der Waals surface area contributed by atoms with Crippen LogP contribution in [-0.2, 0) is 9.53 Å². The number of hydrogen-bond donors (Lipinski definition) is 0. The number of nitro groups is 1. The molecule has 0 atom stereocenters. The highest BCUT2D eigenvalue weighted by Crippen LogP contribution is 2.21. The van der Waals surface area contributed by atoms with E-state index in [1.165, 1.54) is 24.3 Å². The maximum Gasteiger partial charge on any atom is 0.363 e. The molecule has 1 aliphatic heterocycles. The number of cyclic esters (lactones) is 1. The largest absolute Gasteiger partial charge is 0.423 e. The van der Waals surface area contributed by atoms with Crippen molar-refractivity contribution < 1.29 is 24.0 Å². The van der Waals surface area contributed by atoms with E-state index in [-0.39, 0.29) is 28.6 Å². The molecule has 0 radical (unpaired) electrons. The van der Waals surface area contributed by atoms with Crippen molar-refractivity contribution in [3.63, 3.8) is 0 Å². The first-order chi connectivity index (χ1) is 15.0. The minimum absolute atomic E-state index is 0.113. The molecular weight excluding hydrogens is 400 g/mol. The topological polar surface area (TPSA) is 108 Å². The van der Waals surface area contributed by atoms with E-state index in [1.807, 2.05) is 18.2 Å². The van der Waals surface area contributed by atoms with Gasteiger partial charge in [-0.05, 0) is 48.0 Å². The molecule has 8 heteroatoms. The van der Waals surface area contributed by atoms with Gasteiger partial charge >= 0.3 is 11.9 Å². The molecule has 3 aromatic rings. The van der Waals surface area contributed by atoms with Gasteiger partial charge in [-0.15, -0.1) is 0 Å². The highest BCUT2D eigenvalue weighted by Gasteiger charge is 2.23. The van der Waals surface area contributed by atoms with Crippen LogP contribution in [-0.4, -0.2) is 22.8 Å². The molecule has 1 aliphatic rings. The number of non-ortho nitro benzene ring substituents is 1. The number of esters is 2. The summed E-state index contributed by atoms with van der Waals surface area (Å²) in [5, 5.41) is 10.7. The maximum absolute atomic E-state index is 12.2. The Hall–Kier alpha value is -4.59. The first-order valence-electron chi connectivity index (χ1n) is 9.14. The van der Waals surface area contributed by atoms with Gasteiger partial charge in [0.2, 0.25) is 5.90 Å². The van der Waals surface area contributed by atoms with Gasteiger partial charge in [0.05, 0.1) is 10.5 Å². The second-order valence-corrected chi connectivity index (χ2v) is 6.46. The molecule has 0 saturated carbocycles. The van der Waals surface area contributed by atoms with Crippen molar-refractivity contribution in [2.45, 2.75) is 0 Å². The summed E-state index contributed by atoms with van der Waals surface area (Å²) in [6.45, 7) is 0. The highest BCUT2D eigenvalue weighted by atomic mass is 16.6. The van der Waals surface area contributed by atoms with Gasteiger partial charge in [0.25, 0.3) is 5.69 Å². The Morgan fingerprint density at radius 3 is 2.29 bits per heavy atom. The fourth-order valence-electron chi connectivity index (χ4n) is 2.79. The van der Waals surface area contributed by atoms with Crippen molar-refractivity contribution in [2.24, 2.45) is 4.99 Å². The zero-order valence-corrected chi connectivity index (χ0v) is 15.9. The predicted molar refractivity (Wildman–Crippen MR) is 112 cm³/mol. The van der Waals surface area contributed by atoms with Crippen molar-refractivity contribution in [2.75, 3.05) is 0 Å². The van der Waals surface area contributed by atoms with E-state index in [0.717, 1.165) is 0 Å². The molecule has 0 amide bonds. The van der Waals surface area contributed by atoms with Gasteiger partial charge in [0, 0.05) is 17.7 Å². The Kier molecular flexibility index (Phi) is 5.35. The second-order valence-electron chi connectivity index (χ2n) is 6.46. The number of carbonyl (C=O) groups is 2. The quantitative estimate of drug-likeness (QED) is 0.204. The van der Waals surface area contributed by atoms with Crippen LogP contribution >= 0.6 is 0 Å². The maximum atomic E-state index is 12.2. The van der Waals surface area contributed by atoms with Crippen LogP contribution < -0.4 is 4.74 Å². The van der Waals surface area contributed by atoms with Crippen LogP contribution in [0.25, 0.3) is 6.08 Å². The van der Waals surface area contributed by atoms with Gasteiger partial charge in [-0.1, -0.05) is 30.3 Å². The van der Waals surface area contributed by atoms with Crippen LogP contribution in [0.3, 0.4) is 0 Å². The lowest BCUT2D eigenvalue weighted by Gasteiger charge is -2.04. The molecular formula is C23H14N2O6. The summed E-state index contributed by atoms with van der Waals surface area (Å²) in [7, 11) is 0. The first kappa shape index (κ1) is 19.7. The van der Waals surface area contributed by atoms with Gasteiger partial charge in [-0.25, -0.2) is 14.6 Å². The molecule has 1 heterocycles. The third kappa shape index (κ3) is 4.54. The number of rotatable bonds is 5. The van der Waals surface area contributed by atoms with E-state index in [0.29, 0.717) is 11.1 Å². The predicted octanol–water partition coefficient (Wildman–Crippen LogP) is 4.16. The number of nitro benzene ring substituents is 1. The molecule has 8 nitrogen and oxygen atoms in total. The fourth-order valence-corrected chi connectivity index (χ4v) is 2.79. The molecule has 0 unspecified atom stereocenters. The van der Waals surface area contributed by atoms with Gasteiger partial charge < -0.3 is 9.47 Å². The van der Waals surface area contributed by atoms with Crippen LogP contribution in [0.15, 0.2) is 89.6 Å². The number of benzene rings is 3. The molecule has 0 spiro atoms. The van der Waals surface area contributed by atoms with Crippen molar-refractivity contribution in [3.8, 4) is 5.75 Å².